The van der Waals surface area contributed by atoms with E-state index in [1.807, 2.05) is 32.0 Å². The highest BCUT2D eigenvalue weighted by Gasteiger charge is 2.05. The van der Waals surface area contributed by atoms with E-state index in [0.29, 0.717) is 6.54 Å². The number of nitrogens with one attached hydrogen (secondary N) is 1. The summed E-state index contributed by atoms with van der Waals surface area (Å²) in [5, 5.41) is 4.53. The van der Waals surface area contributed by atoms with Gasteiger partial charge in [0.05, 0.1) is 5.52 Å². The fourth-order valence-electron chi connectivity index (χ4n) is 2.56. The van der Waals surface area contributed by atoms with Crippen molar-refractivity contribution < 1.29 is 4.39 Å². The highest BCUT2D eigenvalue weighted by atomic mass is 19.1. The summed E-state index contributed by atoms with van der Waals surface area (Å²) < 4.78 is 13.1. The van der Waals surface area contributed by atoms with Gasteiger partial charge in [0.2, 0.25) is 0 Å². The third kappa shape index (κ3) is 2.87. The van der Waals surface area contributed by atoms with Crippen LogP contribution in [-0.2, 0) is 6.54 Å². The van der Waals surface area contributed by atoms with Crippen molar-refractivity contribution in [2.75, 3.05) is 5.32 Å². The molecule has 1 aromatic heterocycles. The summed E-state index contributed by atoms with van der Waals surface area (Å²) in [7, 11) is 0. The second kappa shape index (κ2) is 5.52. The van der Waals surface area contributed by atoms with Crippen LogP contribution in [0.5, 0.6) is 0 Å². The van der Waals surface area contributed by atoms with E-state index in [-0.39, 0.29) is 5.82 Å². The van der Waals surface area contributed by atoms with Crippen LogP contribution in [-0.4, -0.2) is 4.98 Å². The predicted molar refractivity (Wildman–Crippen MR) is 84.9 cm³/mol. The number of hydrogen-bond acceptors (Lipinski definition) is 2. The Morgan fingerprint density at radius 1 is 1.05 bits per heavy atom. The molecule has 0 radical (unpaired) electrons. The molecule has 0 aliphatic heterocycles. The molecule has 106 valence electrons. The summed E-state index contributed by atoms with van der Waals surface area (Å²) in [6.07, 6.45) is 0. The molecule has 2 aromatic carbocycles. The van der Waals surface area contributed by atoms with Crippen molar-refractivity contribution in [1.29, 1.82) is 0 Å². The molecule has 0 fully saturated rings. The van der Waals surface area contributed by atoms with Crippen LogP contribution < -0.4 is 5.32 Å². The summed E-state index contributed by atoms with van der Waals surface area (Å²) in [5.74, 6) is -0.205. The minimum Gasteiger partial charge on any atom is -0.381 e. The van der Waals surface area contributed by atoms with E-state index < -0.39 is 0 Å². The van der Waals surface area contributed by atoms with E-state index in [9.17, 15) is 4.39 Å². The highest BCUT2D eigenvalue weighted by Crippen LogP contribution is 2.21. The molecule has 0 spiro atoms. The van der Waals surface area contributed by atoms with Crippen molar-refractivity contribution in [2.24, 2.45) is 0 Å². The average Bonchev–Trinajstić information content (AvgIpc) is 2.46. The van der Waals surface area contributed by atoms with Gasteiger partial charge >= 0.3 is 0 Å². The van der Waals surface area contributed by atoms with Gasteiger partial charge in [0.1, 0.15) is 5.82 Å². The zero-order valence-corrected chi connectivity index (χ0v) is 12.2. The predicted octanol–water partition coefficient (Wildman–Crippen LogP) is 4.60. The van der Waals surface area contributed by atoms with Gasteiger partial charge in [0, 0.05) is 23.3 Å². The highest BCUT2D eigenvalue weighted by molar-refractivity contribution is 5.82. The fourth-order valence-corrected chi connectivity index (χ4v) is 2.56. The van der Waals surface area contributed by atoms with Crippen LogP contribution in [0.25, 0.3) is 10.9 Å². The molecular formula is C18H17FN2. The van der Waals surface area contributed by atoms with E-state index in [2.05, 4.69) is 22.4 Å². The lowest BCUT2D eigenvalue weighted by Gasteiger charge is -2.12. The van der Waals surface area contributed by atoms with Gasteiger partial charge in [-0.15, -0.1) is 0 Å². The number of pyridine rings is 1. The number of anilines is 1. The minimum atomic E-state index is -0.205. The maximum absolute atomic E-state index is 13.1. The third-order valence-electron chi connectivity index (χ3n) is 3.59. The molecule has 0 saturated heterocycles. The molecule has 3 heteroatoms. The maximum atomic E-state index is 13.1. The molecule has 0 aliphatic carbocycles. The van der Waals surface area contributed by atoms with Gasteiger partial charge < -0.3 is 5.32 Å². The van der Waals surface area contributed by atoms with Gasteiger partial charge in [0.25, 0.3) is 0 Å². The number of aryl methyl sites for hydroxylation is 2. The van der Waals surface area contributed by atoms with Crippen LogP contribution in [0.4, 0.5) is 10.1 Å². The van der Waals surface area contributed by atoms with Crippen LogP contribution in [0, 0.1) is 19.7 Å². The Hall–Kier alpha value is -2.42. The average molecular weight is 280 g/mol. The number of fused-ring (bicyclic) bond motifs is 1. The summed E-state index contributed by atoms with van der Waals surface area (Å²) in [4.78, 5) is 4.54. The van der Waals surface area contributed by atoms with Gasteiger partial charge in [-0.2, -0.15) is 0 Å². The van der Waals surface area contributed by atoms with Gasteiger partial charge in [-0.05, 0) is 55.3 Å². The number of nitrogens with zero attached hydrogens (tertiary/aromatic N) is 1. The van der Waals surface area contributed by atoms with E-state index in [1.165, 1.54) is 17.7 Å². The topological polar surface area (TPSA) is 24.9 Å². The molecule has 21 heavy (non-hydrogen) atoms. The number of benzene rings is 2. The SMILES string of the molecule is Cc1cc(CNc2ccc(F)cc2C)c2ccccc2n1. The summed E-state index contributed by atoms with van der Waals surface area (Å²) >= 11 is 0. The van der Waals surface area contributed by atoms with Crippen LogP contribution >= 0.6 is 0 Å². The van der Waals surface area contributed by atoms with Crippen LogP contribution in [0.2, 0.25) is 0 Å². The first-order chi connectivity index (χ1) is 10.1. The number of hydrogen-bond donors (Lipinski definition) is 1. The van der Waals surface area contributed by atoms with Crippen LogP contribution in [0.1, 0.15) is 16.8 Å². The van der Waals surface area contributed by atoms with Crippen molar-refractivity contribution >= 4 is 16.6 Å². The first-order valence-corrected chi connectivity index (χ1v) is 6.99. The smallest absolute Gasteiger partial charge is 0.123 e. The van der Waals surface area contributed by atoms with Crippen LogP contribution in [0.3, 0.4) is 0 Å². The van der Waals surface area contributed by atoms with Crippen molar-refractivity contribution in [1.82, 2.24) is 4.98 Å². The second-order valence-electron chi connectivity index (χ2n) is 5.25. The molecule has 0 saturated carbocycles. The standard InChI is InChI=1S/C18H17FN2/c1-12-9-15(19)7-8-17(12)20-11-14-10-13(2)21-18-6-4-3-5-16(14)18/h3-10,20H,11H2,1-2H3. The molecule has 3 rings (SSSR count). The number of halogens is 1. The van der Waals surface area contributed by atoms with Crippen molar-refractivity contribution in [3.8, 4) is 0 Å². The van der Waals surface area contributed by atoms with Crippen molar-refractivity contribution in [3.63, 3.8) is 0 Å². The molecule has 0 amide bonds. The third-order valence-corrected chi connectivity index (χ3v) is 3.59. The lowest BCUT2D eigenvalue weighted by Crippen LogP contribution is -2.03. The van der Waals surface area contributed by atoms with Gasteiger partial charge in [-0.1, -0.05) is 18.2 Å². The summed E-state index contributed by atoms with van der Waals surface area (Å²) in [5.41, 5.74) is 5.06. The molecule has 1 heterocycles. The number of para-hydroxylation sites is 1. The molecule has 0 unspecified atom stereocenters. The van der Waals surface area contributed by atoms with Gasteiger partial charge in [0.15, 0.2) is 0 Å². The lowest BCUT2D eigenvalue weighted by atomic mass is 10.1. The molecule has 1 N–H and O–H groups in total. The normalized spacial score (nSPS) is 10.8. The maximum Gasteiger partial charge on any atom is 0.123 e. The first kappa shape index (κ1) is 13.6. The van der Waals surface area contributed by atoms with Gasteiger partial charge in [-0.3, -0.25) is 4.98 Å². The largest absolute Gasteiger partial charge is 0.381 e. The number of rotatable bonds is 3. The molecule has 3 aromatic rings. The van der Waals surface area contributed by atoms with Crippen molar-refractivity contribution in [2.45, 2.75) is 20.4 Å². The summed E-state index contributed by atoms with van der Waals surface area (Å²) in [6, 6.07) is 15.0. The van der Waals surface area contributed by atoms with E-state index in [4.69, 9.17) is 0 Å². The Kier molecular flexibility index (Phi) is 3.57. The Bertz CT molecular complexity index is 796. The van der Waals surface area contributed by atoms with E-state index >= 15 is 0 Å². The molecule has 0 aliphatic rings. The lowest BCUT2D eigenvalue weighted by molar-refractivity contribution is 0.627. The number of aromatic nitrogens is 1. The second-order valence-corrected chi connectivity index (χ2v) is 5.25. The first-order valence-electron chi connectivity index (χ1n) is 6.99. The van der Waals surface area contributed by atoms with Crippen LogP contribution in [0.15, 0.2) is 48.5 Å². The molecule has 0 atom stereocenters. The summed E-state index contributed by atoms with van der Waals surface area (Å²) in [6.45, 7) is 4.59. The zero-order chi connectivity index (χ0) is 14.8. The zero-order valence-electron chi connectivity index (χ0n) is 12.2. The molecular weight excluding hydrogens is 263 g/mol. The minimum absolute atomic E-state index is 0.205. The van der Waals surface area contributed by atoms with E-state index in [1.54, 1.807) is 6.07 Å². The Balaban J connectivity index is 1.91. The molecule has 2 nitrogen and oxygen atoms in total. The Labute approximate surface area is 123 Å². The Morgan fingerprint density at radius 3 is 2.67 bits per heavy atom. The quantitative estimate of drug-likeness (QED) is 0.758. The fraction of sp³-hybridized carbons (Fsp3) is 0.167. The monoisotopic (exact) mass is 280 g/mol. The van der Waals surface area contributed by atoms with E-state index in [0.717, 1.165) is 27.8 Å². The Morgan fingerprint density at radius 2 is 1.86 bits per heavy atom. The van der Waals surface area contributed by atoms with Crippen molar-refractivity contribution in [3.05, 3.63) is 71.2 Å². The van der Waals surface area contributed by atoms with Gasteiger partial charge in [-0.25, -0.2) is 4.39 Å². The molecule has 0 bridgehead atoms.